The highest BCUT2D eigenvalue weighted by Gasteiger charge is 2.06. The first kappa shape index (κ1) is 14.3. The summed E-state index contributed by atoms with van der Waals surface area (Å²) in [6.07, 6.45) is 3.70. The third kappa shape index (κ3) is 3.68. The molecule has 2 N–H and O–H groups in total. The number of amides is 1. The molecule has 106 valence electrons. The Morgan fingerprint density at radius 3 is 2.80 bits per heavy atom. The van der Waals surface area contributed by atoms with Crippen LogP contribution in [0.3, 0.4) is 0 Å². The number of nitrogens with zero attached hydrogens (tertiary/aromatic N) is 2. The average Bonchev–Trinajstić information content (AvgIpc) is 2.85. The molecule has 0 saturated carbocycles. The lowest BCUT2D eigenvalue weighted by molar-refractivity contribution is -0.123. The van der Waals surface area contributed by atoms with Gasteiger partial charge in [0.05, 0.1) is 11.4 Å². The minimum atomic E-state index is -0.453. The number of benzene rings is 1. The molecule has 0 bridgehead atoms. The number of nitrogens with one attached hydrogen (secondary N) is 1. The molecule has 0 aliphatic carbocycles. The average molecular weight is 273 g/mol. The van der Waals surface area contributed by atoms with Crippen LogP contribution in [0.25, 0.3) is 5.69 Å². The summed E-state index contributed by atoms with van der Waals surface area (Å²) in [4.78, 5) is 10.9. The largest absolute Gasteiger partial charge is 0.387 e. The number of hydrogen-bond acceptors (Lipinski definition) is 3. The van der Waals surface area contributed by atoms with E-state index in [2.05, 4.69) is 10.4 Å². The summed E-state index contributed by atoms with van der Waals surface area (Å²) in [6.45, 7) is 2.10. The molecule has 1 heterocycles. The first-order valence-electron chi connectivity index (χ1n) is 6.69. The molecule has 0 spiro atoms. The first-order valence-corrected chi connectivity index (χ1v) is 6.69. The third-order valence-electron chi connectivity index (χ3n) is 3.11. The second kappa shape index (κ2) is 6.86. The van der Waals surface area contributed by atoms with Crippen molar-refractivity contribution in [1.82, 2.24) is 15.1 Å². The molecule has 1 aromatic carbocycles. The Morgan fingerprint density at radius 1 is 1.35 bits per heavy atom. The number of aliphatic hydroxyl groups excluding tert-OH is 1. The van der Waals surface area contributed by atoms with Crippen LogP contribution >= 0.6 is 0 Å². The normalized spacial score (nSPS) is 10.5. The van der Waals surface area contributed by atoms with Crippen LogP contribution in [0.2, 0.25) is 0 Å². The molecule has 5 nitrogen and oxygen atoms in total. The van der Waals surface area contributed by atoms with Gasteiger partial charge in [-0.1, -0.05) is 18.2 Å². The van der Waals surface area contributed by atoms with Gasteiger partial charge in [-0.25, -0.2) is 4.68 Å². The maximum atomic E-state index is 10.9. The molecule has 20 heavy (non-hydrogen) atoms. The van der Waals surface area contributed by atoms with Crippen LogP contribution in [0.4, 0.5) is 0 Å². The van der Waals surface area contributed by atoms with Crippen LogP contribution in [0, 0.1) is 6.92 Å². The van der Waals surface area contributed by atoms with Gasteiger partial charge in [0.15, 0.2) is 0 Å². The molecule has 0 radical (unpaired) electrons. The number of carbonyl (C=O) groups is 1. The van der Waals surface area contributed by atoms with Crippen LogP contribution < -0.4 is 5.32 Å². The van der Waals surface area contributed by atoms with E-state index in [-0.39, 0.29) is 5.91 Å². The maximum absolute atomic E-state index is 10.9. The number of para-hydroxylation sites is 1. The van der Waals surface area contributed by atoms with Crippen molar-refractivity contribution < 1.29 is 9.90 Å². The van der Waals surface area contributed by atoms with Gasteiger partial charge in [-0.15, -0.1) is 0 Å². The number of hydrogen-bond donors (Lipinski definition) is 2. The van der Waals surface area contributed by atoms with Crippen molar-refractivity contribution in [1.29, 1.82) is 0 Å². The molecule has 0 aliphatic heterocycles. The molecule has 0 unspecified atom stereocenters. The molecule has 0 atom stereocenters. The van der Waals surface area contributed by atoms with E-state index in [0.29, 0.717) is 6.54 Å². The van der Waals surface area contributed by atoms with Crippen molar-refractivity contribution in [3.05, 3.63) is 47.8 Å². The smallest absolute Gasteiger partial charge is 0.245 e. The second-order valence-electron chi connectivity index (χ2n) is 4.63. The predicted molar refractivity (Wildman–Crippen MR) is 76.7 cm³/mol. The van der Waals surface area contributed by atoms with Gasteiger partial charge in [0, 0.05) is 12.7 Å². The van der Waals surface area contributed by atoms with Crippen molar-refractivity contribution in [3.63, 3.8) is 0 Å². The topological polar surface area (TPSA) is 67.2 Å². The summed E-state index contributed by atoms with van der Waals surface area (Å²) in [5, 5.41) is 15.7. The SMILES string of the molecule is Cc1nn(-c2ccccc2)cc1CCCNC(=O)CO. The first-order chi connectivity index (χ1) is 9.70. The highest BCUT2D eigenvalue weighted by atomic mass is 16.3. The lowest BCUT2D eigenvalue weighted by Gasteiger charge is -2.02. The van der Waals surface area contributed by atoms with Crippen molar-refractivity contribution in [2.24, 2.45) is 0 Å². The molecule has 2 rings (SSSR count). The Hall–Kier alpha value is -2.14. The van der Waals surface area contributed by atoms with Crippen molar-refractivity contribution in [2.75, 3.05) is 13.2 Å². The van der Waals surface area contributed by atoms with Gasteiger partial charge in [0.1, 0.15) is 6.61 Å². The summed E-state index contributed by atoms with van der Waals surface area (Å²) in [6, 6.07) is 9.97. The Labute approximate surface area is 118 Å². The van der Waals surface area contributed by atoms with Crippen LogP contribution in [0.1, 0.15) is 17.7 Å². The lowest BCUT2D eigenvalue weighted by Crippen LogP contribution is -2.27. The Kier molecular flexibility index (Phi) is 4.90. The van der Waals surface area contributed by atoms with Gasteiger partial charge in [-0.3, -0.25) is 4.79 Å². The van der Waals surface area contributed by atoms with E-state index in [0.717, 1.165) is 24.2 Å². The monoisotopic (exact) mass is 273 g/mol. The van der Waals surface area contributed by atoms with E-state index in [4.69, 9.17) is 5.11 Å². The number of aromatic nitrogens is 2. The summed E-state index contributed by atoms with van der Waals surface area (Å²) in [7, 11) is 0. The van der Waals surface area contributed by atoms with Crippen molar-refractivity contribution in [3.8, 4) is 5.69 Å². The highest BCUT2D eigenvalue weighted by Crippen LogP contribution is 2.13. The minimum Gasteiger partial charge on any atom is -0.387 e. The fourth-order valence-electron chi connectivity index (χ4n) is 2.02. The molecule has 0 saturated heterocycles. The second-order valence-corrected chi connectivity index (χ2v) is 4.63. The molecule has 0 fully saturated rings. The summed E-state index contributed by atoms with van der Waals surface area (Å²) >= 11 is 0. The zero-order valence-corrected chi connectivity index (χ0v) is 11.5. The Bertz CT molecular complexity index is 564. The van der Waals surface area contributed by atoms with Crippen LogP contribution in [-0.4, -0.2) is 33.9 Å². The Morgan fingerprint density at radius 2 is 2.10 bits per heavy atom. The van der Waals surface area contributed by atoms with Crippen LogP contribution in [0.15, 0.2) is 36.5 Å². The molecular weight excluding hydrogens is 254 g/mol. The summed E-state index contributed by atoms with van der Waals surface area (Å²) in [5.41, 5.74) is 3.21. The summed E-state index contributed by atoms with van der Waals surface area (Å²) < 4.78 is 1.87. The van der Waals surface area contributed by atoms with E-state index >= 15 is 0 Å². The molecule has 5 heteroatoms. The van der Waals surface area contributed by atoms with Crippen LogP contribution in [0.5, 0.6) is 0 Å². The lowest BCUT2D eigenvalue weighted by atomic mass is 10.1. The van der Waals surface area contributed by atoms with Gasteiger partial charge >= 0.3 is 0 Å². The minimum absolute atomic E-state index is 0.332. The van der Waals surface area contributed by atoms with Gasteiger partial charge in [-0.05, 0) is 37.5 Å². The number of rotatable bonds is 6. The van der Waals surface area contributed by atoms with E-state index < -0.39 is 6.61 Å². The summed E-state index contributed by atoms with van der Waals surface area (Å²) in [5.74, 6) is -0.332. The molecule has 1 amide bonds. The fraction of sp³-hybridized carbons (Fsp3) is 0.333. The third-order valence-corrected chi connectivity index (χ3v) is 3.11. The molecule has 2 aromatic rings. The number of aliphatic hydroxyl groups is 1. The van der Waals surface area contributed by atoms with E-state index in [9.17, 15) is 4.79 Å². The van der Waals surface area contributed by atoms with E-state index in [1.54, 1.807) is 0 Å². The zero-order valence-electron chi connectivity index (χ0n) is 11.5. The van der Waals surface area contributed by atoms with Gasteiger partial charge in [0.2, 0.25) is 5.91 Å². The van der Waals surface area contributed by atoms with Crippen molar-refractivity contribution >= 4 is 5.91 Å². The van der Waals surface area contributed by atoms with E-state index in [1.165, 1.54) is 5.56 Å². The van der Waals surface area contributed by atoms with Gasteiger partial charge in [0.25, 0.3) is 0 Å². The molecule has 1 aromatic heterocycles. The predicted octanol–water partition coefficient (Wildman–Crippen LogP) is 1.22. The fourth-order valence-corrected chi connectivity index (χ4v) is 2.02. The van der Waals surface area contributed by atoms with Crippen LogP contribution in [-0.2, 0) is 11.2 Å². The number of carbonyl (C=O) groups excluding carboxylic acids is 1. The van der Waals surface area contributed by atoms with Gasteiger partial charge in [-0.2, -0.15) is 5.10 Å². The molecular formula is C15H19N3O2. The van der Waals surface area contributed by atoms with E-state index in [1.807, 2.05) is 48.1 Å². The number of aryl methyl sites for hydroxylation is 2. The standard InChI is InChI=1S/C15H19N3O2/c1-12-13(6-5-9-16-15(20)11-19)10-18(17-12)14-7-3-2-4-8-14/h2-4,7-8,10,19H,5-6,9,11H2,1H3,(H,16,20). The highest BCUT2D eigenvalue weighted by molar-refractivity contribution is 5.76. The zero-order chi connectivity index (χ0) is 14.4. The maximum Gasteiger partial charge on any atom is 0.245 e. The van der Waals surface area contributed by atoms with Crippen molar-refractivity contribution in [2.45, 2.75) is 19.8 Å². The molecule has 0 aliphatic rings. The quantitative estimate of drug-likeness (QED) is 0.778. The Balaban J connectivity index is 1.93. The van der Waals surface area contributed by atoms with Gasteiger partial charge < -0.3 is 10.4 Å².